The summed E-state index contributed by atoms with van der Waals surface area (Å²) < 4.78 is 32.0. The van der Waals surface area contributed by atoms with Crippen molar-refractivity contribution in [1.29, 1.82) is 0 Å². The van der Waals surface area contributed by atoms with Crippen molar-refractivity contribution in [3.63, 3.8) is 0 Å². The highest BCUT2D eigenvalue weighted by Crippen LogP contribution is 2.28. The second-order valence-electron chi connectivity index (χ2n) is 4.23. The lowest BCUT2D eigenvalue weighted by Gasteiger charge is -2.15. The van der Waals surface area contributed by atoms with Crippen molar-refractivity contribution in [3.8, 4) is 5.75 Å². The third kappa shape index (κ3) is 3.32. The molecule has 0 amide bonds. The molecular formula is C14H11ClNO5S-. The fourth-order valence-corrected chi connectivity index (χ4v) is 3.23. The van der Waals surface area contributed by atoms with Crippen molar-refractivity contribution in [3.05, 3.63) is 53.1 Å². The van der Waals surface area contributed by atoms with Crippen LogP contribution in [0.2, 0.25) is 5.02 Å². The van der Waals surface area contributed by atoms with E-state index in [1.807, 2.05) is 0 Å². The topological polar surface area (TPSA) is 95.5 Å². The number of methoxy groups -OCH3 is 1. The number of nitrogens with one attached hydrogen (secondary N) is 1. The zero-order chi connectivity index (χ0) is 16.3. The van der Waals surface area contributed by atoms with Gasteiger partial charge in [0.15, 0.2) is 0 Å². The zero-order valence-corrected chi connectivity index (χ0v) is 12.9. The first kappa shape index (κ1) is 16.1. The molecule has 116 valence electrons. The Balaban J connectivity index is 2.50. The Hall–Kier alpha value is -2.25. The number of hydrogen-bond donors (Lipinski definition) is 1. The maximum Gasteiger partial charge on any atom is 0.265 e. The smallest absolute Gasteiger partial charge is 0.265 e. The Morgan fingerprint density at radius 1 is 1.23 bits per heavy atom. The van der Waals surface area contributed by atoms with Gasteiger partial charge in [0.2, 0.25) is 0 Å². The van der Waals surface area contributed by atoms with Gasteiger partial charge in [0.25, 0.3) is 10.0 Å². The van der Waals surface area contributed by atoms with Crippen LogP contribution in [-0.2, 0) is 10.0 Å². The molecule has 0 aliphatic rings. The van der Waals surface area contributed by atoms with Crippen LogP contribution in [0.1, 0.15) is 10.4 Å². The maximum absolute atomic E-state index is 12.4. The number of para-hydroxylation sites is 1. The van der Waals surface area contributed by atoms with E-state index < -0.39 is 16.0 Å². The van der Waals surface area contributed by atoms with Gasteiger partial charge in [-0.15, -0.1) is 0 Å². The molecule has 1 N–H and O–H groups in total. The van der Waals surface area contributed by atoms with Crippen LogP contribution >= 0.6 is 11.6 Å². The van der Waals surface area contributed by atoms with Crippen molar-refractivity contribution >= 4 is 33.3 Å². The van der Waals surface area contributed by atoms with E-state index in [1.54, 1.807) is 6.07 Å². The fraction of sp³-hybridized carbons (Fsp3) is 0.0714. The lowest BCUT2D eigenvalue weighted by Crippen LogP contribution is -2.25. The highest BCUT2D eigenvalue weighted by molar-refractivity contribution is 7.92. The molecule has 0 aliphatic heterocycles. The summed E-state index contributed by atoms with van der Waals surface area (Å²) in [5.74, 6) is -1.39. The fourth-order valence-electron chi connectivity index (χ4n) is 1.82. The summed E-state index contributed by atoms with van der Waals surface area (Å²) in [5, 5.41) is 11.2. The Labute approximate surface area is 132 Å². The van der Waals surface area contributed by atoms with E-state index in [-0.39, 0.29) is 26.9 Å². The largest absolute Gasteiger partial charge is 0.545 e. The standard InChI is InChI=1S/C14H12ClNO5S/c1-21-12-4-2-3-5-13(12)22(19,20)16-11-8-9(15)6-7-10(11)14(17)18/h2-8,16H,1H3,(H,17,18)/p-1. The number of ether oxygens (including phenoxy) is 1. The molecule has 0 unspecified atom stereocenters. The molecule has 2 aromatic rings. The number of sulfonamides is 1. The summed E-state index contributed by atoms with van der Waals surface area (Å²) in [6.45, 7) is 0. The van der Waals surface area contributed by atoms with E-state index in [2.05, 4.69) is 4.72 Å². The normalized spacial score (nSPS) is 11.0. The van der Waals surface area contributed by atoms with Crippen molar-refractivity contribution in [2.75, 3.05) is 11.8 Å². The molecular weight excluding hydrogens is 330 g/mol. The average Bonchev–Trinajstić information content (AvgIpc) is 2.46. The van der Waals surface area contributed by atoms with Crippen LogP contribution < -0.4 is 14.6 Å². The summed E-state index contributed by atoms with van der Waals surface area (Å²) in [7, 11) is -2.72. The molecule has 0 radical (unpaired) electrons. The van der Waals surface area contributed by atoms with Crippen LogP contribution in [0.25, 0.3) is 0 Å². The summed E-state index contributed by atoms with van der Waals surface area (Å²) >= 11 is 5.78. The van der Waals surface area contributed by atoms with Crippen LogP contribution in [0, 0.1) is 0 Å². The number of rotatable bonds is 5. The minimum absolute atomic E-state index is 0.123. The molecule has 22 heavy (non-hydrogen) atoms. The first-order valence-electron chi connectivity index (χ1n) is 6.02. The van der Waals surface area contributed by atoms with Gasteiger partial charge >= 0.3 is 0 Å². The average molecular weight is 341 g/mol. The molecule has 0 heterocycles. The van der Waals surface area contributed by atoms with Crippen LogP contribution in [0.4, 0.5) is 5.69 Å². The molecule has 0 atom stereocenters. The monoisotopic (exact) mass is 340 g/mol. The number of aromatic carboxylic acids is 1. The molecule has 6 nitrogen and oxygen atoms in total. The summed E-state index contributed by atoms with van der Waals surface area (Å²) in [6, 6.07) is 9.64. The predicted octanol–water partition coefficient (Wildman–Crippen LogP) is 1.51. The Morgan fingerprint density at radius 2 is 1.91 bits per heavy atom. The van der Waals surface area contributed by atoms with Crippen molar-refractivity contribution in [2.45, 2.75) is 4.90 Å². The summed E-state index contributed by atoms with van der Waals surface area (Å²) in [6.07, 6.45) is 0. The SMILES string of the molecule is COc1ccccc1S(=O)(=O)Nc1cc(Cl)ccc1C(=O)[O-]. The summed E-state index contributed by atoms with van der Waals surface area (Å²) in [4.78, 5) is 10.9. The Morgan fingerprint density at radius 3 is 2.55 bits per heavy atom. The molecule has 0 saturated carbocycles. The number of halogens is 1. The van der Waals surface area contributed by atoms with Gasteiger partial charge in [-0.25, -0.2) is 8.42 Å². The van der Waals surface area contributed by atoms with Gasteiger partial charge in [-0.3, -0.25) is 4.72 Å². The Bertz CT molecular complexity index is 820. The molecule has 0 bridgehead atoms. The van der Waals surface area contributed by atoms with Gasteiger partial charge in [-0.2, -0.15) is 0 Å². The number of hydrogen-bond acceptors (Lipinski definition) is 5. The Kier molecular flexibility index (Phi) is 4.58. The van der Waals surface area contributed by atoms with E-state index >= 15 is 0 Å². The zero-order valence-electron chi connectivity index (χ0n) is 11.4. The molecule has 0 fully saturated rings. The van der Waals surface area contributed by atoms with E-state index in [4.69, 9.17) is 16.3 Å². The van der Waals surface area contributed by atoms with E-state index in [9.17, 15) is 18.3 Å². The molecule has 2 aromatic carbocycles. The maximum atomic E-state index is 12.4. The predicted molar refractivity (Wildman–Crippen MR) is 79.6 cm³/mol. The van der Waals surface area contributed by atoms with Crippen LogP contribution in [0.3, 0.4) is 0 Å². The minimum Gasteiger partial charge on any atom is -0.545 e. The van der Waals surface area contributed by atoms with Crippen molar-refractivity contribution in [2.24, 2.45) is 0 Å². The molecule has 8 heteroatoms. The van der Waals surface area contributed by atoms with Gasteiger partial charge in [0, 0.05) is 10.6 Å². The second kappa shape index (κ2) is 6.25. The van der Waals surface area contributed by atoms with Crippen LogP contribution in [0.15, 0.2) is 47.4 Å². The first-order chi connectivity index (χ1) is 10.3. The first-order valence-corrected chi connectivity index (χ1v) is 7.88. The van der Waals surface area contributed by atoms with Crippen LogP contribution in [0.5, 0.6) is 5.75 Å². The highest BCUT2D eigenvalue weighted by Gasteiger charge is 2.20. The van der Waals surface area contributed by atoms with Gasteiger partial charge in [0.05, 0.1) is 18.8 Å². The van der Waals surface area contributed by atoms with E-state index in [0.717, 1.165) is 6.07 Å². The number of carboxylic acids is 1. The number of anilines is 1. The molecule has 0 aliphatic carbocycles. The lowest BCUT2D eigenvalue weighted by molar-refractivity contribution is -0.254. The van der Waals surface area contributed by atoms with E-state index in [0.29, 0.717) is 0 Å². The number of carbonyl (C=O) groups excluding carboxylic acids is 1. The molecule has 0 aromatic heterocycles. The third-order valence-electron chi connectivity index (χ3n) is 2.80. The lowest BCUT2D eigenvalue weighted by atomic mass is 10.2. The molecule has 0 spiro atoms. The molecule has 0 saturated heterocycles. The third-order valence-corrected chi connectivity index (χ3v) is 4.44. The molecule has 2 rings (SSSR count). The van der Waals surface area contributed by atoms with Gasteiger partial charge < -0.3 is 14.6 Å². The highest BCUT2D eigenvalue weighted by atomic mass is 35.5. The van der Waals surface area contributed by atoms with Gasteiger partial charge in [0.1, 0.15) is 10.6 Å². The summed E-state index contributed by atoms with van der Waals surface area (Å²) in [5.41, 5.74) is -0.499. The van der Waals surface area contributed by atoms with Crippen molar-refractivity contribution in [1.82, 2.24) is 0 Å². The minimum atomic E-state index is -4.05. The number of carbonyl (C=O) groups is 1. The van der Waals surface area contributed by atoms with Crippen molar-refractivity contribution < 1.29 is 23.1 Å². The van der Waals surface area contributed by atoms with Crippen LogP contribution in [-0.4, -0.2) is 21.5 Å². The number of benzene rings is 2. The van der Waals surface area contributed by atoms with Gasteiger partial charge in [-0.05, 0) is 30.3 Å². The number of carboxylic acid groups (broad SMARTS) is 1. The van der Waals surface area contributed by atoms with Gasteiger partial charge in [-0.1, -0.05) is 23.7 Å². The van der Waals surface area contributed by atoms with E-state index in [1.165, 1.54) is 37.4 Å². The second-order valence-corrected chi connectivity index (χ2v) is 6.32. The quantitative estimate of drug-likeness (QED) is 0.890.